The number of aliphatic hydroxyl groups excluding tert-OH is 1. The van der Waals surface area contributed by atoms with Crippen LogP contribution in [-0.4, -0.2) is 16.7 Å². The molecular weight excluding hydrogens is 342 g/mol. The van der Waals surface area contributed by atoms with Crippen molar-refractivity contribution in [3.05, 3.63) is 51.8 Å². The fourth-order valence-corrected chi connectivity index (χ4v) is 3.72. The zero-order valence-electron chi connectivity index (χ0n) is 16.8. The van der Waals surface area contributed by atoms with E-state index in [1.165, 1.54) is 27.9 Å². The lowest BCUT2D eigenvalue weighted by Gasteiger charge is -2.25. The van der Waals surface area contributed by atoms with Crippen molar-refractivity contribution in [3.8, 4) is 11.1 Å². The maximum Gasteiger partial charge on any atom is 0.0472 e. The Balaban J connectivity index is 2.84. The average Bonchev–Trinajstić information content (AvgIpc) is 2.60. The number of nitrogens with zero attached hydrogens (tertiary/aromatic N) is 1. The Hall–Kier alpha value is -1.38. The van der Waals surface area contributed by atoms with Crippen molar-refractivity contribution in [2.45, 2.75) is 72.1 Å². The monoisotopic (exact) mass is 373 g/mol. The van der Waals surface area contributed by atoms with Gasteiger partial charge in [-0.3, -0.25) is 4.98 Å². The van der Waals surface area contributed by atoms with E-state index in [1.54, 1.807) is 0 Å². The molecule has 0 aliphatic rings. The highest BCUT2D eigenvalue weighted by atomic mass is 35.5. The minimum atomic E-state index is 0.135. The molecule has 0 aliphatic heterocycles. The van der Waals surface area contributed by atoms with Gasteiger partial charge in [0.05, 0.1) is 0 Å². The Morgan fingerprint density at radius 1 is 0.923 bits per heavy atom. The van der Waals surface area contributed by atoms with Gasteiger partial charge in [0.2, 0.25) is 0 Å². The molecule has 0 saturated heterocycles. The third kappa shape index (κ3) is 4.66. The highest BCUT2D eigenvalue weighted by molar-refractivity contribution is 6.30. The van der Waals surface area contributed by atoms with Crippen molar-refractivity contribution in [1.82, 2.24) is 4.98 Å². The van der Waals surface area contributed by atoms with Crippen LogP contribution in [-0.2, 0) is 12.8 Å². The van der Waals surface area contributed by atoms with Crippen molar-refractivity contribution in [2.75, 3.05) is 6.61 Å². The number of halogens is 1. The van der Waals surface area contributed by atoms with E-state index >= 15 is 0 Å². The number of benzene rings is 1. The van der Waals surface area contributed by atoms with Gasteiger partial charge in [0, 0.05) is 23.0 Å². The smallest absolute Gasteiger partial charge is 0.0472 e. The minimum Gasteiger partial charge on any atom is -0.396 e. The molecule has 1 N–H and O–H groups in total. The third-order valence-electron chi connectivity index (χ3n) is 4.83. The molecule has 0 fully saturated rings. The van der Waals surface area contributed by atoms with Crippen LogP contribution in [0.3, 0.4) is 0 Å². The predicted molar refractivity (Wildman–Crippen MR) is 112 cm³/mol. The van der Waals surface area contributed by atoms with Crippen LogP contribution in [0.25, 0.3) is 11.1 Å². The van der Waals surface area contributed by atoms with E-state index in [1.807, 2.05) is 12.1 Å². The largest absolute Gasteiger partial charge is 0.396 e. The van der Waals surface area contributed by atoms with E-state index in [-0.39, 0.29) is 6.61 Å². The van der Waals surface area contributed by atoms with Gasteiger partial charge < -0.3 is 5.11 Å². The zero-order chi connectivity index (χ0) is 19.3. The van der Waals surface area contributed by atoms with Crippen LogP contribution in [0.2, 0.25) is 5.02 Å². The summed E-state index contributed by atoms with van der Waals surface area (Å²) in [5, 5.41) is 10.5. The molecule has 1 heterocycles. The summed E-state index contributed by atoms with van der Waals surface area (Å²) in [5.74, 6) is 0.689. The van der Waals surface area contributed by atoms with E-state index in [2.05, 4.69) is 46.8 Å². The highest BCUT2D eigenvalue weighted by Gasteiger charge is 2.23. The van der Waals surface area contributed by atoms with Crippen molar-refractivity contribution in [1.29, 1.82) is 0 Å². The molecule has 26 heavy (non-hydrogen) atoms. The third-order valence-corrected chi connectivity index (χ3v) is 5.08. The lowest BCUT2D eigenvalue weighted by Crippen LogP contribution is -2.13. The Bertz CT molecular complexity index is 720. The zero-order valence-corrected chi connectivity index (χ0v) is 17.5. The van der Waals surface area contributed by atoms with Crippen molar-refractivity contribution in [3.63, 3.8) is 0 Å². The number of aliphatic hydroxyl groups is 1. The lowest BCUT2D eigenvalue weighted by atomic mass is 9.84. The first-order chi connectivity index (χ1) is 12.4. The molecule has 3 heteroatoms. The van der Waals surface area contributed by atoms with Gasteiger partial charge in [-0.1, -0.05) is 64.8 Å². The fraction of sp³-hybridized carbons (Fsp3) is 0.522. The molecule has 2 aromatic rings. The standard InChI is InChI=1S/C23H32ClNO/c1-6-7-8-19-21(17-9-11-18(24)12-10-17)20(13-14-26)23(16(4)5)25-22(19)15(2)3/h9-12,15-16,26H,6-8,13-14H2,1-5H3. The number of unbranched alkanes of at least 4 members (excludes halogenated alkanes) is 1. The summed E-state index contributed by atoms with van der Waals surface area (Å²) in [6.07, 6.45) is 3.95. The van der Waals surface area contributed by atoms with Crippen LogP contribution in [0.4, 0.5) is 0 Å². The lowest BCUT2D eigenvalue weighted by molar-refractivity contribution is 0.299. The first-order valence-corrected chi connectivity index (χ1v) is 10.2. The second-order valence-electron chi connectivity index (χ2n) is 7.61. The van der Waals surface area contributed by atoms with Gasteiger partial charge in [-0.25, -0.2) is 0 Å². The molecular formula is C23H32ClNO. The molecule has 0 aliphatic carbocycles. The Morgan fingerprint density at radius 3 is 1.92 bits per heavy atom. The SMILES string of the molecule is CCCCc1c(C(C)C)nc(C(C)C)c(CCO)c1-c1ccc(Cl)cc1. The number of hydrogen-bond donors (Lipinski definition) is 1. The van der Waals surface area contributed by atoms with E-state index in [9.17, 15) is 5.11 Å². The number of pyridine rings is 1. The van der Waals surface area contributed by atoms with Gasteiger partial charge in [-0.2, -0.15) is 0 Å². The van der Waals surface area contributed by atoms with Gasteiger partial charge in [0.15, 0.2) is 0 Å². The molecule has 0 amide bonds. The summed E-state index contributed by atoms with van der Waals surface area (Å²) < 4.78 is 0. The minimum absolute atomic E-state index is 0.135. The van der Waals surface area contributed by atoms with E-state index < -0.39 is 0 Å². The molecule has 0 saturated carbocycles. The van der Waals surface area contributed by atoms with Crippen LogP contribution in [0, 0.1) is 0 Å². The number of hydrogen-bond acceptors (Lipinski definition) is 2. The summed E-state index contributed by atoms with van der Waals surface area (Å²) >= 11 is 6.13. The molecule has 1 aromatic carbocycles. The Labute approximate surface area is 163 Å². The molecule has 0 bridgehead atoms. The molecule has 0 radical (unpaired) electrons. The summed E-state index contributed by atoms with van der Waals surface area (Å²) in [4.78, 5) is 5.11. The quantitative estimate of drug-likeness (QED) is 0.570. The first-order valence-electron chi connectivity index (χ1n) is 9.82. The molecule has 0 atom stereocenters. The maximum atomic E-state index is 9.74. The topological polar surface area (TPSA) is 33.1 Å². The number of rotatable bonds is 8. The van der Waals surface area contributed by atoms with Gasteiger partial charge in [-0.05, 0) is 65.5 Å². The summed E-state index contributed by atoms with van der Waals surface area (Å²) in [6, 6.07) is 8.10. The molecule has 142 valence electrons. The van der Waals surface area contributed by atoms with Crippen molar-refractivity contribution >= 4 is 11.6 Å². The highest BCUT2D eigenvalue weighted by Crippen LogP contribution is 2.37. The van der Waals surface area contributed by atoms with E-state index in [0.29, 0.717) is 18.3 Å². The maximum absolute atomic E-state index is 9.74. The summed E-state index contributed by atoms with van der Waals surface area (Å²) in [7, 11) is 0. The summed E-state index contributed by atoms with van der Waals surface area (Å²) in [5.41, 5.74) is 7.31. The molecule has 1 aromatic heterocycles. The van der Waals surface area contributed by atoms with Crippen LogP contribution in [0.5, 0.6) is 0 Å². The predicted octanol–water partition coefficient (Wildman–Crippen LogP) is 6.53. The average molecular weight is 374 g/mol. The molecule has 2 nitrogen and oxygen atoms in total. The van der Waals surface area contributed by atoms with Crippen LogP contribution >= 0.6 is 11.6 Å². The van der Waals surface area contributed by atoms with Crippen LogP contribution < -0.4 is 0 Å². The fourth-order valence-electron chi connectivity index (χ4n) is 3.59. The Morgan fingerprint density at radius 2 is 1.46 bits per heavy atom. The van der Waals surface area contributed by atoms with Crippen LogP contribution in [0.15, 0.2) is 24.3 Å². The molecule has 2 rings (SSSR count). The van der Waals surface area contributed by atoms with Gasteiger partial charge in [-0.15, -0.1) is 0 Å². The number of aromatic nitrogens is 1. The molecule has 0 spiro atoms. The van der Waals surface area contributed by atoms with Crippen molar-refractivity contribution in [2.24, 2.45) is 0 Å². The molecule has 0 unspecified atom stereocenters. The Kier molecular flexibility index (Phi) is 7.67. The van der Waals surface area contributed by atoms with Crippen LogP contribution in [0.1, 0.15) is 81.8 Å². The normalized spacial score (nSPS) is 11.6. The first kappa shape index (κ1) is 20.9. The van der Waals surface area contributed by atoms with E-state index in [4.69, 9.17) is 16.6 Å². The second kappa shape index (κ2) is 9.53. The van der Waals surface area contributed by atoms with Gasteiger partial charge >= 0.3 is 0 Å². The van der Waals surface area contributed by atoms with Gasteiger partial charge in [0.25, 0.3) is 0 Å². The van der Waals surface area contributed by atoms with E-state index in [0.717, 1.165) is 30.0 Å². The van der Waals surface area contributed by atoms with Crippen molar-refractivity contribution < 1.29 is 5.11 Å². The van der Waals surface area contributed by atoms with Gasteiger partial charge in [0.1, 0.15) is 0 Å². The summed E-state index contributed by atoms with van der Waals surface area (Å²) in [6.45, 7) is 11.2. The second-order valence-corrected chi connectivity index (χ2v) is 8.04.